The Morgan fingerprint density at radius 1 is 1.33 bits per heavy atom. The monoisotopic (exact) mass is 295 g/mol. The molecule has 1 saturated carbocycles. The van der Waals surface area contributed by atoms with Gasteiger partial charge in [0.25, 0.3) is 0 Å². The van der Waals surface area contributed by atoms with E-state index in [2.05, 4.69) is 0 Å². The van der Waals surface area contributed by atoms with Crippen molar-refractivity contribution < 1.29 is 19.0 Å². The molecule has 1 N–H and O–H groups in total. The Kier molecular flexibility index (Phi) is 5.99. The van der Waals surface area contributed by atoms with Crippen molar-refractivity contribution in [2.45, 2.75) is 38.1 Å². The van der Waals surface area contributed by atoms with Crippen molar-refractivity contribution in [3.8, 4) is 5.75 Å². The van der Waals surface area contributed by atoms with E-state index in [0.717, 1.165) is 19.3 Å². The molecule has 0 bridgehead atoms. The summed E-state index contributed by atoms with van der Waals surface area (Å²) in [6, 6.07) is 6.15. The first-order chi connectivity index (χ1) is 10.2. The summed E-state index contributed by atoms with van der Waals surface area (Å²) in [5.41, 5.74) is 0. The zero-order valence-corrected chi connectivity index (χ0v) is 12.1. The lowest BCUT2D eigenvalue weighted by atomic mass is 9.91. The van der Waals surface area contributed by atoms with Gasteiger partial charge in [0, 0.05) is 19.0 Å². The standard InChI is InChI=1S/C16H22FNO3/c17-13-6-8-15(9-7-13)21-12-2-5-16(20)18(10-11-19)14-3-1-4-14/h6-9,14,19H,1-5,10-12H2. The third-order valence-electron chi connectivity index (χ3n) is 3.79. The molecule has 1 aromatic rings. The zero-order chi connectivity index (χ0) is 15.1. The first-order valence-corrected chi connectivity index (χ1v) is 7.49. The SMILES string of the molecule is O=C(CCCOc1ccc(F)cc1)N(CCO)C1CCC1. The minimum absolute atomic E-state index is 0.00825. The first kappa shape index (κ1) is 15.8. The Balaban J connectivity index is 1.69. The van der Waals surface area contributed by atoms with E-state index in [4.69, 9.17) is 9.84 Å². The predicted molar refractivity (Wildman–Crippen MR) is 77.6 cm³/mol. The normalized spacial score (nSPS) is 14.6. The topological polar surface area (TPSA) is 49.8 Å². The Hall–Kier alpha value is -1.62. The van der Waals surface area contributed by atoms with Gasteiger partial charge >= 0.3 is 0 Å². The second-order valence-corrected chi connectivity index (χ2v) is 5.30. The van der Waals surface area contributed by atoms with Crippen LogP contribution in [0.5, 0.6) is 5.75 Å². The van der Waals surface area contributed by atoms with Crippen LogP contribution in [0.2, 0.25) is 0 Å². The minimum atomic E-state index is -0.294. The number of amides is 1. The first-order valence-electron chi connectivity index (χ1n) is 7.49. The van der Waals surface area contributed by atoms with E-state index >= 15 is 0 Å². The maximum atomic E-state index is 12.7. The van der Waals surface area contributed by atoms with Crippen LogP contribution in [-0.4, -0.2) is 41.7 Å². The summed E-state index contributed by atoms with van der Waals surface area (Å²) in [6.07, 6.45) is 4.27. The van der Waals surface area contributed by atoms with Crippen molar-refractivity contribution >= 4 is 5.91 Å². The summed E-state index contributed by atoms with van der Waals surface area (Å²) < 4.78 is 18.2. The molecule has 1 fully saturated rings. The van der Waals surface area contributed by atoms with Crippen molar-refractivity contribution in [3.63, 3.8) is 0 Å². The molecule has 0 aromatic heterocycles. The number of carbonyl (C=O) groups is 1. The smallest absolute Gasteiger partial charge is 0.223 e. The molecule has 0 heterocycles. The molecule has 0 radical (unpaired) electrons. The quantitative estimate of drug-likeness (QED) is 0.749. The highest BCUT2D eigenvalue weighted by Gasteiger charge is 2.27. The number of hydrogen-bond acceptors (Lipinski definition) is 3. The summed E-state index contributed by atoms with van der Waals surface area (Å²) in [4.78, 5) is 13.9. The Morgan fingerprint density at radius 3 is 2.62 bits per heavy atom. The Bertz CT molecular complexity index is 445. The number of halogens is 1. The van der Waals surface area contributed by atoms with E-state index in [0.29, 0.717) is 37.8 Å². The van der Waals surface area contributed by atoms with E-state index < -0.39 is 0 Å². The average molecular weight is 295 g/mol. The second kappa shape index (κ2) is 7.98. The summed E-state index contributed by atoms with van der Waals surface area (Å²) in [5, 5.41) is 9.05. The molecule has 1 amide bonds. The van der Waals surface area contributed by atoms with Crippen molar-refractivity contribution in [1.29, 1.82) is 0 Å². The number of aliphatic hydroxyl groups excluding tert-OH is 1. The number of benzene rings is 1. The predicted octanol–water partition coefficient (Wildman–Crippen LogP) is 2.36. The molecule has 2 rings (SSSR count). The average Bonchev–Trinajstić information content (AvgIpc) is 2.43. The van der Waals surface area contributed by atoms with Gasteiger partial charge in [-0.25, -0.2) is 4.39 Å². The molecule has 1 aromatic carbocycles. The fourth-order valence-corrected chi connectivity index (χ4v) is 2.40. The highest BCUT2D eigenvalue weighted by Crippen LogP contribution is 2.25. The van der Waals surface area contributed by atoms with Gasteiger partial charge in [-0.1, -0.05) is 0 Å². The molecule has 0 saturated heterocycles. The number of rotatable bonds is 8. The molecule has 21 heavy (non-hydrogen) atoms. The molecule has 0 atom stereocenters. The lowest BCUT2D eigenvalue weighted by Crippen LogP contribution is -2.45. The lowest BCUT2D eigenvalue weighted by molar-refractivity contribution is -0.136. The van der Waals surface area contributed by atoms with Crippen LogP contribution in [-0.2, 0) is 4.79 Å². The molecule has 1 aliphatic carbocycles. The summed E-state index contributed by atoms with van der Waals surface area (Å²) in [7, 11) is 0. The van der Waals surface area contributed by atoms with Crippen molar-refractivity contribution in [2.24, 2.45) is 0 Å². The van der Waals surface area contributed by atoms with E-state index in [1.54, 1.807) is 17.0 Å². The van der Waals surface area contributed by atoms with Gasteiger partial charge in [-0.2, -0.15) is 0 Å². The Morgan fingerprint density at radius 2 is 2.05 bits per heavy atom. The summed E-state index contributed by atoms with van der Waals surface area (Å²) in [5.74, 6) is 0.393. The highest BCUT2D eigenvalue weighted by molar-refractivity contribution is 5.76. The van der Waals surface area contributed by atoms with E-state index in [-0.39, 0.29) is 18.3 Å². The van der Waals surface area contributed by atoms with Crippen LogP contribution in [0.4, 0.5) is 4.39 Å². The zero-order valence-electron chi connectivity index (χ0n) is 12.1. The number of hydrogen-bond donors (Lipinski definition) is 1. The fraction of sp³-hybridized carbons (Fsp3) is 0.562. The van der Waals surface area contributed by atoms with Crippen LogP contribution in [0.15, 0.2) is 24.3 Å². The number of ether oxygens (including phenoxy) is 1. The van der Waals surface area contributed by atoms with Crippen LogP contribution in [0.1, 0.15) is 32.1 Å². The van der Waals surface area contributed by atoms with Crippen LogP contribution in [0.25, 0.3) is 0 Å². The van der Waals surface area contributed by atoms with Gasteiger partial charge in [0.05, 0.1) is 13.2 Å². The second-order valence-electron chi connectivity index (χ2n) is 5.30. The minimum Gasteiger partial charge on any atom is -0.494 e. The molecule has 0 aliphatic heterocycles. The Labute approximate surface area is 124 Å². The number of carbonyl (C=O) groups excluding carboxylic acids is 1. The summed E-state index contributed by atoms with van der Waals surface area (Å²) >= 11 is 0. The molecular weight excluding hydrogens is 273 g/mol. The van der Waals surface area contributed by atoms with Gasteiger partial charge in [0.15, 0.2) is 0 Å². The van der Waals surface area contributed by atoms with Gasteiger partial charge in [-0.3, -0.25) is 4.79 Å². The van der Waals surface area contributed by atoms with Gasteiger partial charge in [0.2, 0.25) is 5.91 Å². The molecule has 116 valence electrons. The molecule has 4 nitrogen and oxygen atoms in total. The maximum Gasteiger partial charge on any atom is 0.223 e. The fourth-order valence-electron chi connectivity index (χ4n) is 2.40. The van der Waals surface area contributed by atoms with E-state index in [9.17, 15) is 9.18 Å². The molecular formula is C16H22FNO3. The highest BCUT2D eigenvalue weighted by atomic mass is 19.1. The van der Waals surface area contributed by atoms with Gasteiger partial charge in [0.1, 0.15) is 11.6 Å². The van der Waals surface area contributed by atoms with Crippen LogP contribution >= 0.6 is 0 Å². The largest absolute Gasteiger partial charge is 0.494 e. The van der Waals surface area contributed by atoms with Crippen molar-refractivity contribution in [2.75, 3.05) is 19.8 Å². The van der Waals surface area contributed by atoms with Crippen molar-refractivity contribution in [3.05, 3.63) is 30.1 Å². The van der Waals surface area contributed by atoms with Crippen LogP contribution < -0.4 is 4.74 Å². The van der Waals surface area contributed by atoms with Crippen LogP contribution in [0.3, 0.4) is 0 Å². The van der Waals surface area contributed by atoms with Crippen molar-refractivity contribution in [1.82, 2.24) is 4.90 Å². The summed E-state index contributed by atoms with van der Waals surface area (Å²) in [6.45, 7) is 0.853. The number of nitrogens with zero attached hydrogens (tertiary/aromatic N) is 1. The van der Waals surface area contributed by atoms with E-state index in [1.807, 2.05) is 0 Å². The molecule has 0 unspecified atom stereocenters. The number of aliphatic hydroxyl groups is 1. The molecule has 1 aliphatic rings. The van der Waals surface area contributed by atoms with Crippen LogP contribution in [0, 0.1) is 5.82 Å². The van der Waals surface area contributed by atoms with Gasteiger partial charge in [-0.15, -0.1) is 0 Å². The third kappa shape index (κ3) is 4.70. The van der Waals surface area contributed by atoms with Gasteiger partial charge < -0.3 is 14.7 Å². The van der Waals surface area contributed by atoms with E-state index in [1.165, 1.54) is 12.1 Å². The lowest BCUT2D eigenvalue weighted by Gasteiger charge is -2.37. The molecule has 5 heteroatoms. The third-order valence-corrected chi connectivity index (χ3v) is 3.79. The maximum absolute atomic E-state index is 12.7. The molecule has 0 spiro atoms. The van der Waals surface area contributed by atoms with Gasteiger partial charge in [-0.05, 0) is 49.9 Å².